The summed E-state index contributed by atoms with van der Waals surface area (Å²) >= 11 is 12.7. The van der Waals surface area contributed by atoms with Crippen molar-refractivity contribution in [1.29, 1.82) is 0 Å². The number of ether oxygens (including phenoxy) is 2. The van der Waals surface area contributed by atoms with Gasteiger partial charge in [0, 0.05) is 24.5 Å². The zero-order valence-electron chi connectivity index (χ0n) is 17.6. The van der Waals surface area contributed by atoms with Gasteiger partial charge in [-0.25, -0.2) is 9.97 Å². The molecule has 164 valence electrons. The third kappa shape index (κ3) is 4.85. The van der Waals surface area contributed by atoms with Crippen molar-refractivity contribution >= 4 is 40.5 Å². The highest BCUT2D eigenvalue weighted by molar-refractivity contribution is 6.38. The molecule has 8 nitrogen and oxygen atoms in total. The van der Waals surface area contributed by atoms with E-state index < -0.39 is 4.92 Å². The number of benzene rings is 2. The van der Waals surface area contributed by atoms with Gasteiger partial charge in [-0.3, -0.25) is 10.1 Å². The van der Waals surface area contributed by atoms with E-state index in [-0.39, 0.29) is 21.7 Å². The molecule has 10 heteroatoms. The van der Waals surface area contributed by atoms with Crippen LogP contribution in [0.5, 0.6) is 11.5 Å². The smallest absolute Gasteiger partial charge is 0.293 e. The summed E-state index contributed by atoms with van der Waals surface area (Å²) in [7, 11) is 2.96. The monoisotopic (exact) mass is 472 g/mol. The maximum atomic E-state index is 11.4. The zero-order chi connectivity index (χ0) is 23.4. The van der Waals surface area contributed by atoms with Gasteiger partial charge in [0.2, 0.25) is 5.95 Å². The van der Waals surface area contributed by atoms with Gasteiger partial charge < -0.3 is 14.8 Å². The predicted molar refractivity (Wildman–Crippen MR) is 123 cm³/mol. The number of hydrogen-bond acceptors (Lipinski definition) is 7. The van der Waals surface area contributed by atoms with E-state index in [1.807, 2.05) is 6.07 Å². The Hall–Kier alpha value is -3.54. The van der Waals surface area contributed by atoms with Gasteiger partial charge in [0.15, 0.2) is 0 Å². The molecule has 0 spiro atoms. The molecule has 0 saturated carbocycles. The summed E-state index contributed by atoms with van der Waals surface area (Å²) in [6.45, 7) is 3.57. The zero-order valence-corrected chi connectivity index (χ0v) is 19.1. The minimum Gasteiger partial charge on any atom is -0.495 e. The molecule has 0 bridgehead atoms. The Balaban J connectivity index is 1.90. The largest absolute Gasteiger partial charge is 0.495 e. The number of rotatable bonds is 5. The maximum Gasteiger partial charge on any atom is 0.293 e. The second-order valence-corrected chi connectivity index (χ2v) is 7.44. The van der Waals surface area contributed by atoms with Gasteiger partial charge >= 0.3 is 0 Å². The first-order valence-corrected chi connectivity index (χ1v) is 9.97. The predicted octanol–water partition coefficient (Wildman–Crippen LogP) is 5.47. The Bertz CT molecular complexity index is 1220. The van der Waals surface area contributed by atoms with E-state index in [9.17, 15) is 10.1 Å². The summed E-state index contributed by atoms with van der Waals surface area (Å²) < 4.78 is 10.5. The molecule has 0 aliphatic carbocycles. The first-order valence-electron chi connectivity index (χ1n) is 9.21. The number of aryl methyl sites for hydroxylation is 2. The molecule has 0 fully saturated rings. The number of hydrogen-bond donors (Lipinski definition) is 1. The van der Waals surface area contributed by atoms with Crippen molar-refractivity contribution in [2.45, 2.75) is 13.8 Å². The Kier molecular flexibility index (Phi) is 7.03. The van der Waals surface area contributed by atoms with E-state index >= 15 is 0 Å². The summed E-state index contributed by atoms with van der Waals surface area (Å²) in [5, 5.41) is 14.8. The van der Waals surface area contributed by atoms with Gasteiger partial charge in [-0.05, 0) is 25.0 Å². The van der Waals surface area contributed by atoms with E-state index in [1.54, 1.807) is 19.9 Å². The maximum absolute atomic E-state index is 11.4. The quantitative estimate of drug-likeness (QED) is 0.298. The number of nitrogens with zero attached hydrogens (tertiary/aromatic N) is 3. The molecular weight excluding hydrogens is 455 g/mol. The highest BCUT2D eigenvalue weighted by Crippen LogP contribution is 2.39. The summed E-state index contributed by atoms with van der Waals surface area (Å²) in [4.78, 5) is 19.4. The van der Waals surface area contributed by atoms with Crippen molar-refractivity contribution in [1.82, 2.24) is 9.97 Å². The van der Waals surface area contributed by atoms with Crippen molar-refractivity contribution in [2.24, 2.45) is 0 Å². The number of nitrogens with one attached hydrogen (secondary N) is 1. The molecule has 1 aromatic heterocycles. The molecule has 0 amide bonds. The number of methoxy groups -OCH3 is 2. The van der Waals surface area contributed by atoms with Crippen LogP contribution in [0.2, 0.25) is 10.0 Å². The molecule has 0 aliphatic rings. The second kappa shape index (κ2) is 9.73. The summed E-state index contributed by atoms with van der Waals surface area (Å²) in [6, 6.07) is 4.90. The van der Waals surface area contributed by atoms with Crippen LogP contribution >= 0.6 is 23.2 Å². The Morgan fingerprint density at radius 2 is 1.59 bits per heavy atom. The van der Waals surface area contributed by atoms with Crippen LogP contribution in [0.15, 0.2) is 30.6 Å². The first kappa shape index (κ1) is 23.1. The minimum absolute atomic E-state index is 0.0498. The molecule has 0 radical (unpaired) electrons. The van der Waals surface area contributed by atoms with E-state index in [0.717, 1.165) is 5.56 Å². The molecule has 1 N–H and O–H groups in total. The lowest BCUT2D eigenvalue weighted by atomic mass is 10.1. The lowest BCUT2D eigenvalue weighted by molar-refractivity contribution is -0.384. The molecule has 0 atom stereocenters. The third-order valence-electron chi connectivity index (χ3n) is 4.45. The average Bonchev–Trinajstić information content (AvgIpc) is 2.76. The van der Waals surface area contributed by atoms with Gasteiger partial charge in [0.05, 0.1) is 40.3 Å². The van der Waals surface area contributed by atoms with Crippen LogP contribution in [0.1, 0.15) is 22.3 Å². The van der Waals surface area contributed by atoms with Crippen LogP contribution in [0, 0.1) is 35.8 Å². The number of aromatic nitrogens is 2. The fourth-order valence-electron chi connectivity index (χ4n) is 2.95. The topological polar surface area (TPSA) is 99.4 Å². The van der Waals surface area contributed by atoms with Crippen molar-refractivity contribution in [3.8, 4) is 23.3 Å². The number of halogens is 2. The van der Waals surface area contributed by atoms with Crippen LogP contribution in [0.3, 0.4) is 0 Å². The molecule has 3 rings (SSSR count). The van der Waals surface area contributed by atoms with Crippen LogP contribution in [-0.4, -0.2) is 29.1 Å². The van der Waals surface area contributed by atoms with Crippen LogP contribution in [0.4, 0.5) is 17.3 Å². The average molecular weight is 473 g/mol. The minimum atomic E-state index is -0.446. The Morgan fingerprint density at radius 1 is 1.00 bits per heavy atom. The third-order valence-corrected chi connectivity index (χ3v) is 5.20. The molecule has 0 aliphatic heterocycles. The van der Waals surface area contributed by atoms with Gasteiger partial charge in [0.1, 0.15) is 17.2 Å². The molecule has 0 unspecified atom stereocenters. The van der Waals surface area contributed by atoms with Crippen LogP contribution in [0.25, 0.3) is 0 Å². The summed E-state index contributed by atoms with van der Waals surface area (Å²) in [5.74, 6) is 6.74. The Labute approximate surface area is 194 Å². The summed E-state index contributed by atoms with van der Waals surface area (Å²) in [6.07, 6.45) is 2.97. The van der Waals surface area contributed by atoms with Crippen LogP contribution in [-0.2, 0) is 0 Å². The lowest BCUT2D eigenvalue weighted by Crippen LogP contribution is -2.03. The molecular formula is C22H18Cl2N4O4. The van der Waals surface area contributed by atoms with Crippen molar-refractivity contribution in [3.63, 3.8) is 0 Å². The molecule has 32 heavy (non-hydrogen) atoms. The van der Waals surface area contributed by atoms with E-state index in [4.69, 9.17) is 32.7 Å². The molecule has 1 heterocycles. The lowest BCUT2D eigenvalue weighted by Gasteiger charge is -2.11. The molecule has 0 saturated heterocycles. The Morgan fingerprint density at radius 3 is 2.12 bits per heavy atom. The van der Waals surface area contributed by atoms with E-state index in [0.29, 0.717) is 33.9 Å². The first-order chi connectivity index (χ1) is 15.2. The van der Waals surface area contributed by atoms with E-state index in [1.165, 1.54) is 32.7 Å². The fourth-order valence-corrected chi connectivity index (χ4v) is 3.55. The number of nitro groups is 1. The van der Waals surface area contributed by atoms with Crippen molar-refractivity contribution in [2.75, 3.05) is 19.5 Å². The fraction of sp³-hybridized carbons (Fsp3) is 0.182. The van der Waals surface area contributed by atoms with Crippen LogP contribution < -0.4 is 14.8 Å². The number of nitro benzene ring substituents is 1. The van der Waals surface area contributed by atoms with Gasteiger partial charge in [-0.15, -0.1) is 0 Å². The summed E-state index contributed by atoms with van der Waals surface area (Å²) in [5.41, 5.74) is 2.61. The van der Waals surface area contributed by atoms with E-state index in [2.05, 4.69) is 27.1 Å². The number of anilines is 2. The second-order valence-electron chi connectivity index (χ2n) is 6.69. The highest BCUT2D eigenvalue weighted by Gasteiger charge is 2.18. The van der Waals surface area contributed by atoms with Gasteiger partial charge in [-0.2, -0.15) is 0 Å². The molecule has 3 aromatic rings. The van der Waals surface area contributed by atoms with Gasteiger partial charge in [0.25, 0.3) is 5.69 Å². The highest BCUT2D eigenvalue weighted by atomic mass is 35.5. The van der Waals surface area contributed by atoms with Gasteiger partial charge in [-0.1, -0.05) is 41.1 Å². The molecule has 2 aromatic carbocycles. The van der Waals surface area contributed by atoms with Crippen molar-refractivity contribution in [3.05, 3.63) is 73.0 Å². The SMILES string of the molecule is COc1cc(OC)c(Cl)c(C#Cc2cnc(Nc3c(C)cc(C)cc3[N+](=O)[O-])nc2)c1Cl. The normalized spacial score (nSPS) is 10.2. The van der Waals surface area contributed by atoms with Crippen molar-refractivity contribution < 1.29 is 14.4 Å². The standard InChI is InChI=1S/C22H18Cl2N4O4/c1-12-7-13(2)21(16(8-12)28(29)30)27-22-25-10-14(11-26-22)5-6-15-19(23)17(31-3)9-18(32-4)20(15)24/h7-11H,1-4H3,(H,25,26,27).